The molecule has 0 fully saturated rings. The first-order valence-corrected chi connectivity index (χ1v) is 10.3. The van der Waals surface area contributed by atoms with Gasteiger partial charge in [-0.25, -0.2) is 13.1 Å². The summed E-state index contributed by atoms with van der Waals surface area (Å²) in [6.07, 6.45) is 0. The summed E-state index contributed by atoms with van der Waals surface area (Å²) in [6.45, 7) is 7.09. The number of sulfonamides is 1. The molecule has 0 heterocycles. The van der Waals surface area contributed by atoms with Gasteiger partial charge in [0.25, 0.3) is 5.91 Å². The Balaban J connectivity index is 2.28. The number of nitro groups is 1. The van der Waals surface area contributed by atoms with Gasteiger partial charge in [0.05, 0.1) is 16.4 Å². The lowest BCUT2D eigenvalue weighted by molar-refractivity contribution is -0.385. The molecule has 0 spiro atoms. The molecule has 0 aromatic heterocycles. The van der Waals surface area contributed by atoms with Crippen LogP contribution in [-0.2, 0) is 10.0 Å². The molecule has 2 aromatic rings. The summed E-state index contributed by atoms with van der Waals surface area (Å²) in [7, 11) is -3.78. The number of carbonyl (C=O) groups excluding carboxylic acids is 1. The minimum absolute atomic E-state index is 0.0112. The zero-order valence-corrected chi connectivity index (χ0v) is 17.4. The normalized spacial score (nSPS) is 11.7. The van der Waals surface area contributed by atoms with Crippen molar-refractivity contribution in [2.45, 2.75) is 38.1 Å². The van der Waals surface area contributed by atoms with Crippen LogP contribution < -0.4 is 14.8 Å². The van der Waals surface area contributed by atoms with Crippen LogP contribution in [0.25, 0.3) is 0 Å². The van der Waals surface area contributed by atoms with Crippen molar-refractivity contribution >= 4 is 27.3 Å². The minimum Gasteiger partial charge on any atom is -0.487 e. The van der Waals surface area contributed by atoms with E-state index in [9.17, 15) is 23.3 Å². The molecule has 0 saturated carbocycles. The van der Waals surface area contributed by atoms with Crippen LogP contribution in [-0.4, -0.2) is 31.4 Å². The van der Waals surface area contributed by atoms with Crippen LogP contribution in [0.4, 0.5) is 11.4 Å². The zero-order chi connectivity index (χ0) is 21.8. The standard InChI is InChI=1S/C19H23N3O6S/c1-5-28-17-10-9-13(11-16(17)22(24)25)18(23)20-14-7-6-8-15(12-14)29(26,27)21-19(2,3)4/h6-12,21H,5H2,1-4H3,(H,20,23). The Labute approximate surface area is 169 Å². The molecule has 9 nitrogen and oxygen atoms in total. The van der Waals surface area contributed by atoms with Gasteiger partial charge in [-0.1, -0.05) is 6.07 Å². The number of hydrogen-bond acceptors (Lipinski definition) is 6. The largest absolute Gasteiger partial charge is 0.487 e. The van der Waals surface area contributed by atoms with E-state index in [-0.39, 0.29) is 34.2 Å². The molecule has 2 aromatic carbocycles. The lowest BCUT2D eigenvalue weighted by Crippen LogP contribution is -2.40. The van der Waals surface area contributed by atoms with E-state index in [2.05, 4.69) is 10.0 Å². The monoisotopic (exact) mass is 421 g/mol. The van der Waals surface area contributed by atoms with E-state index in [0.29, 0.717) is 0 Å². The Morgan fingerprint density at radius 2 is 1.86 bits per heavy atom. The number of benzene rings is 2. The molecule has 2 rings (SSSR count). The van der Waals surface area contributed by atoms with E-state index < -0.39 is 26.4 Å². The highest BCUT2D eigenvalue weighted by molar-refractivity contribution is 7.89. The second-order valence-corrected chi connectivity index (χ2v) is 8.89. The summed E-state index contributed by atoms with van der Waals surface area (Å²) in [5, 5.41) is 13.8. The van der Waals surface area contributed by atoms with Crippen molar-refractivity contribution in [3.63, 3.8) is 0 Å². The lowest BCUT2D eigenvalue weighted by Gasteiger charge is -2.20. The van der Waals surface area contributed by atoms with Crippen molar-refractivity contribution in [3.8, 4) is 5.75 Å². The summed E-state index contributed by atoms with van der Waals surface area (Å²) >= 11 is 0. The smallest absolute Gasteiger partial charge is 0.311 e. The summed E-state index contributed by atoms with van der Waals surface area (Å²) in [5.74, 6) is -0.551. The number of anilines is 1. The first kappa shape index (κ1) is 22.3. The van der Waals surface area contributed by atoms with Crippen LogP contribution in [0, 0.1) is 10.1 Å². The molecule has 29 heavy (non-hydrogen) atoms. The highest BCUT2D eigenvalue weighted by Crippen LogP contribution is 2.28. The number of rotatable bonds is 7. The first-order valence-electron chi connectivity index (χ1n) is 8.79. The van der Waals surface area contributed by atoms with Gasteiger partial charge in [0.15, 0.2) is 5.75 Å². The van der Waals surface area contributed by atoms with Crippen molar-refractivity contribution in [2.24, 2.45) is 0 Å². The van der Waals surface area contributed by atoms with Gasteiger partial charge in [-0.15, -0.1) is 0 Å². The molecule has 0 bridgehead atoms. The third-order valence-electron chi connectivity index (χ3n) is 3.56. The highest BCUT2D eigenvalue weighted by Gasteiger charge is 2.23. The molecule has 0 aliphatic carbocycles. The van der Waals surface area contributed by atoms with Gasteiger partial charge in [0.1, 0.15) is 0 Å². The fourth-order valence-electron chi connectivity index (χ4n) is 2.49. The Morgan fingerprint density at radius 3 is 2.45 bits per heavy atom. The van der Waals surface area contributed by atoms with Gasteiger partial charge >= 0.3 is 5.69 Å². The van der Waals surface area contributed by atoms with E-state index in [4.69, 9.17) is 4.74 Å². The van der Waals surface area contributed by atoms with E-state index in [0.717, 1.165) is 6.07 Å². The summed E-state index contributed by atoms with van der Waals surface area (Å²) in [5.41, 5.74) is -0.714. The van der Waals surface area contributed by atoms with Gasteiger partial charge < -0.3 is 10.1 Å². The fourth-order valence-corrected chi connectivity index (χ4v) is 3.95. The molecule has 2 N–H and O–H groups in total. The van der Waals surface area contributed by atoms with Gasteiger partial charge in [0.2, 0.25) is 10.0 Å². The van der Waals surface area contributed by atoms with Crippen molar-refractivity contribution in [1.29, 1.82) is 0 Å². The number of nitrogens with one attached hydrogen (secondary N) is 2. The fraction of sp³-hybridized carbons (Fsp3) is 0.316. The maximum absolute atomic E-state index is 12.5. The Kier molecular flexibility index (Phi) is 6.60. The maximum atomic E-state index is 12.5. The van der Waals surface area contributed by atoms with E-state index >= 15 is 0 Å². The number of hydrogen-bond donors (Lipinski definition) is 2. The predicted octanol–water partition coefficient (Wildman–Crippen LogP) is 3.32. The molecule has 10 heteroatoms. The van der Waals surface area contributed by atoms with Crippen molar-refractivity contribution < 1.29 is 22.9 Å². The number of nitro benzene ring substituents is 1. The number of ether oxygens (including phenoxy) is 1. The van der Waals surface area contributed by atoms with Crippen molar-refractivity contribution in [1.82, 2.24) is 4.72 Å². The van der Waals surface area contributed by atoms with E-state index in [1.807, 2.05) is 0 Å². The maximum Gasteiger partial charge on any atom is 0.311 e. The second-order valence-electron chi connectivity index (χ2n) is 7.21. The molecule has 156 valence electrons. The lowest BCUT2D eigenvalue weighted by atomic mass is 10.1. The Bertz CT molecular complexity index is 1030. The molecule has 0 unspecified atom stereocenters. The van der Waals surface area contributed by atoms with Gasteiger partial charge in [0, 0.05) is 22.9 Å². The molecular weight excluding hydrogens is 398 g/mol. The highest BCUT2D eigenvalue weighted by atomic mass is 32.2. The average molecular weight is 421 g/mol. The summed E-state index contributed by atoms with van der Waals surface area (Å²) in [6, 6.07) is 9.60. The van der Waals surface area contributed by atoms with Crippen molar-refractivity contribution in [3.05, 3.63) is 58.1 Å². The summed E-state index contributed by atoms with van der Waals surface area (Å²) in [4.78, 5) is 23.1. The van der Waals surface area contributed by atoms with E-state index in [1.54, 1.807) is 27.7 Å². The quantitative estimate of drug-likeness (QED) is 0.521. The molecule has 0 aliphatic rings. The summed E-state index contributed by atoms with van der Waals surface area (Å²) < 4.78 is 32.7. The Morgan fingerprint density at radius 1 is 1.17 bits per heavy atom. The number of amides is 1. The van der Waals surface area contributed by atoms with Gasteiger partial charge in [-0.2, -0.15) is 0 Å². The van der Waals surface area contributed by atoms with Crippen LogP contribution in [0.1, 0.15) is 38.1 Å². The van der Waals surface area contributed by atoms with Crippen LogP contribution >= 0.6 is 0 Å². The second kappa shape index (κ2) is 8.58. The molecular formula is C19H23N3O6S. The molecule has 0 aliphatic heterocycles. The Hall–Kier alpha value is -2.98. The van der Waals surface area contributed by atoms with Crippen molar-refractivity contribution in [2.75, 3.05) is 11.9 Å². The van der Waals surface area contributed by atoms with Gasteiger partial charge in [-0.3, -0.25) is 14.9 Å². The topological polar surface area (TPSA) is 128 Å². The SMILES string of the molecule is CCOc1ccc(C(=O)Nc2cccc(S(=O)(=O)NC(C)(C)C)c2)cc1[N+](=O)[O-]. The molecule has 0 atom stereocenters. The zero-order valence-electron chi connectivity index (χ0n) is 16.6. The average Bonchev–Trinajstić information content (AvgIpc) is 2.60. The third kappa shape index (κ3) is 6.00. The molecule has 1 amide bonds. The van der Waals surface area contributed by atoms with Crippen LogP contribution in [0.5, 0.6) is 5.75 Å². The first-order chi connectivity index (χ1) is 13.4. The predicted molar refractivity (Wildman–Crippen MR) is 109 cm³/mol. The number of nitrogens with zero attached hydrogens (tertiary/aromatic N) is 1. The molecule has 0 radical (unpaired) electrons. The van der Waals surface area contributed by atoms with Gasteiger partial charge in [-0.05, 0) is 58.0 Å². The minimum atomic E-state index is -3.78. The van der Waals surface area contributed by atoms with Crippen LogP contribution in [0.15, 0.2) is 47.4 Å². The molecule has 0 saturated heterocycles. The van der Waals surface area contributed by atoms with Crippen LogP contribution in [0.2, 0.25) is 0 Å². The van der Waals surface area contributed by atoms with Crippen LogP contribution in [0.3, 0.4) is 0 Å². The van der Waals surface area contributed by atoms with E-state index in [1.165, 1.54) is 36.4 Å². The number of carbonyl (C=O) groups is 1. The third-order valence-corrected chi connectivity index (χ3v) is 5.32.